The van der Waals surface area contributed by atoms with Gasteiger partial charge < -0.3 is 5.32 Å². The zero-order valence-electron chi connectivity index (χ0n) is 21.4. The van der Waals surface area contributed by atoms with Gasteiger partial charge in [0.25, 0.3) is 5.56 Å². The molecule has 1 amide bonds. The van der Waals surface area contributed by atoms with Crippen LogP contribution in [-0.2, 0) is 18.3 Å². The second kappa shape index (κ2) is 10.9. The number of rotatable bonds is 9. The standard InChI is InChI=1S/C28H38N4O2/c1-18(2)17-22-13-15-23(16-14-22)25(19(3)4)29-20(5)27(33)30-26-21(6)31(7)32(28(26)34)24-11-9-8-10-12-24/h8-16,18-20,25,29H,17H2,1-7H3,(H,30,33)/t20-,25-/m0/s1. The number of anilines is 1. The first kappa shape index (κ1) is 25.5. The topological polar surface area (TPSA) is 68.1 Å². The second-order valence-electron chi connectivity index (χ2n) is 9.88. The van der Waals surface area contributed by atoms with E-state index in [-0.39, 0.29) is 17.5 Å². The highest BCUT2D eigenvalue weighted by molar-refractivity contribution is 5.95. The molecule has 0 aliphatic carbocycles. The van der Waals surface area contributed by atoms with Crippen molar-refractivity contribution in [1.29, 1.82) is 0 Å². The van der Waals surface area contributed by atoms with Crippen molar-refractivity contribution in [3.05, 3.63) is 81.8 Å². The molecule has 2 aromatic carbocycles. The normalized spacial score (nSPS) is 13.3. The summed E-state index contributed by atoms with van der Waals surface area (Å²) < 4.78 is 3.33. The monoisotopic (exact) mass is 462 g/mol. The van der Waals surface area contributed by atoms with Crippen LogP contribution in [0, 0.1) is 18.8 Å². The van der Waals surface area contributed by atoms with Crippen molar-refractivity contribution in [2.45, 2.75) is 60.0 Å². The van der Waals surface area contributed by atoms with Gasteiger partial charge in [-0.2, -0.15) is 0 Å². The fourth-order valence-electron chi connectivity index (χ4n) is 4.29. The number of amides is 1. The number of aromatic nitrogens is 2. The van der Waals surface area contributed by atoms with Crippen LogP contribution < -0.4 is 16.2 Å². The summed E-state index contributed by atoms with van der Waals surface area (Å²) in [7, 11) is 1.82. The van der Waals surface area contributed by atoms with Gasteiger partial charge >= 0.3 is 0 Å². The summed E-state index contributed by atoms with van der Waals surface area (Å²) in [5, 5.41) is 6.36. The number of nitrogens with one attached hydrogen (secondary N) is 2. The lowest BCUT2D eigenvalue weighted by molar-refractivity contribution is -0.118. The minimum atomic E-state index is -0.480. The van der Waals surface area contributed by atoms with Crippen LogP contribution in [0.5, 0.6) is 0 Å². The van der Waals surface area contributed by atoms with Crippen molar-refractivity contribution in [2.24, 2.45) is 18.9 Å². The van der Waals surface area contributed by atoms with Gasteiger partial charge in [0.15, 0.2) is 0 Å². The zero-order valence-corrected chi connectivity index (χ0v) is 21.4. The number of benzene rings is 2. The maximum atomic E-state index is 13.1. The largest absolute Gasteiger partial charge is 0.319 e. The Morgan fingerprint density at radius 2 is 1.56 bits per heavy atom. The van der Waals surface area contributed by atoms with E-state index in [2.05, 4.69) is 62.6 Å². The molecule has 34 heavy (non-hydrogen) atoms. The quantitative estimate of drug-likeness (QED) is 0.470. The molecule has 0 radical (unpaired) electrons. The highest BCUT2D eigenvalue weighted by Gasteiger charge is 2.24. The van der Waals surface area contributed by atoms with Crippen LogP contribution >= 0.6 is 0 Å². The molecule has 0 fully saturated rings. The van der Waals surface area contributed by atoms with Gasteiger partial charge in [-0.3, -0.25) is 19.6 Å². The number of para-hydroxylation sites is 1. The van der Waals surface area contributed by atoms with E-state index in [0.29, 0.717) is 23.2 Å². The molecule has 0 aliphatic heterocycles. The molecular formula is C28H38N4O2. The van der Waals surface area contributed by atoms with Crippen molar-refractivity contribution in [3.63, 3.8) is 0 Å². The Morgan fingerprint density at radius 1 is 0.941 bits per heavy atom. The third-order valence-electron chi connectivity index (χ3n) is 6.27. The third-order valence-corrected chi connectivity index (χ3v) is 6.27. The molecule has 1 aromatic heterocycles. The lowest BCUT2D eigenvalue weighted by Gasteiger charge is -2.26. The van der Waals surface area contributed by atoms with Gasteiger partial charge in [0, 0.05) is 13.1 Å². The summed E-state index contributed by atoms with van der Waals surface area (Å²) in [5.41, 5.74) is 4.00. The molecule has 3 rings (SSSR count). The van der Waals surface area contributed by atoms with E-state index >= 15 is 0 Å². The summed E-state index contributed by atoms with van der Waals surface area (Å²) in [4.78, 5) is 26.2. The summed E-state index contributed by atoms with van der Waals surface area (Å²) >= 11 is 0. The zero-order chi connectivity index (χ0) is 25.0. The molecule has 2 N–H and O–H groups in total. The van der Waals surface area contributed by atoms with Gasteiger partial charge in [0.1, 0.15) is 5.69 Å². The SMILES string of the molecule is Cc1c(NC(=O)[C@H](C)N[C@H](c2ccc(CC(C)C)cc2)C(C)C)c(=O)n(-c2ccccc2)n1C. The van der Waals surface area contributed by atoms with Crippen molar-refractivity contribution < 1.29 is 4.79 Å². The Labute approximate surface area is 203 Å². The average Bonchev–Trinajstić information content (AvgIpc) is 3.01. The van der Waals surface area contributed by atoms with Gasteiger partial charge in [-0.15, -0.1) is 0 Å². The molecule has 2 atom stereocenters. The Kier molecular flexibility index (Phi) is 8.15. The smallest absolute Gasteiger partial charge is 0.295 e. The van der Waals surface area contributed by atoms with Crippen LogP contribution in [0.25, 0.3) is 5.69 Å². The lowest BCUT2D eigenvalue weighted by atomic mass is 9.93. The van der Waals surface area contributed by atoms with E-state index in [4.69, 9.17) is 0 Å². The molecule has 0 saturated carbocycles. The lowest BCUT2D eigenvalue weighted by Crippen LogP contribution is -2.42. The van der Waals surface area contributed by atoms with Crippen molar-refractivity contribution in [1.82, 2.24) is 14.7 Å². The first-order chi connectivity index (χ1) is 16.1. The molecule has 182 valence electrons. The Balaban J connectivity index is 1.77. The number of carbonyl (C=O) groups excluding carboxylic acids is 1. The van der Waals surface area contributed by atoms with Crippen LogP contribution in [0.1, 0.15) is 57.5 Å². The highest BCUT2D eigenvalue weighted by atomic mass is 16.2. The van der Waals surface area contributed by atoms with E-state index in [0.717, 1.165) is 17.7 Å². The van der Waals surface area contributed by atoms with Gasteiger partial charge in [0.05, 0.1) is 17.4 Å². The molecule has 0 aliphatic rings. The molecule has 6 heteroatoms. The molecule has 0 spiro atoms. The summed E-state index contributed by atoms with van der Waals surface area (Å²) in [6.07, 6.45) is 1.05. The van der Waals surface area contributed by atoms with E-state index in [1.165, 1.54) is 5.56 Å². The maximum Gasteiger partial charge on any atom is 0.295 e. The van der Waals surface area contributed by atoms with E-state index in [9.17, 15) is 9.59 Å². The van der Waals surface area contributed by atoms with Crippen LogP contribution in [-0.4, -0.2) is 21.3 Å². The molecule has 3 aromatic rings. The third kappa shape index (κ3) is 5.68. The van der Waals surface area contributed by atoms with Crippen molar-refractivity contribution >= 4 is 11.6 Å². The molecule has 0 saturated heterocycles. The molecule has 0 unspecified atom stereocenters. The van der Waals surface area contributed by atoms with E-state index in [1.54, 1.807) is 9.36 Å². The van der Waals surface area contributed by atoms with Crippen LogP contribution in [0.3, 0.4) is 0 Å². The molecule has 1 heterocycles. The van der Waals surface area contributed by atoms with Gasteiger partial charge in [-0.05, 0) is 55.4 Å². The van der Waals surface area contributed by atoms with Crippen LogP contribution in [0.4, 0.5) is 5.69 Å². The number of hydrogen-bond acceptors (Lipinski definition) is 3. The van der Waals surface area contributed by atoms with Crippen LogP contribution in [0.15, 0.2) is 59.4 Å². The highest BCUT2D eigenvalue weighted by Crippen LogP contribution is 2.24. The predicted molar refractivity (Wildman–Crippen MR) is 140 cm³/mol. The Hall–Kier alpha value is -3.12. The minimum Gasteiger partial charge on any atom is -0.319 e. The average molecular weight is 463 g/mol. The first-order valence-corrected chi connectivity index (χ1v) is 12.1. The molecule has 0 bridgehead atoms. The van der Waals surface area contributed by atoms with Gasteiger partial charge in [-0.25, -0.2) is 4.68 Å². The first-order valence-electron chi connectivity index (χ1n) is 12.1. The summed E-state index contributed by atoms with van der Waals surface area (Å²) in [6.45, 7) is 12.4. The number of hydrogen-bond donors (Lipinski definition) is 2. The van der Waals surface area contributed by atoms with Crippen molar-refractivity contribution in [3.8, 4) is 5.69 Å². The fourth-order valence-corrected chi connectivity index (χ4v) is 4.29. The Bertz CT molecular complexity index is 1160. The summed E-state index contributed by atoms with van der Waals surface area (Å²) in [5.74, 6) is 0.676. The van der Waals surface area contributed by atoms with Gasteiger partial charge in [-0.1, -0.05) is 70.2 Å². The van der Waals surface area contributed by atoms with E-state index in [1.807, 2.05) is 51.2 Å². The Morgan fingerprint density at radius 3 is 2.12 bits per heavy atom. The fraction of sp³-hybridized carbons (Fsp3) is 0.429. The second-order valence-corrected chi connectivity index (χ2v) is 9.88. The molecule has 6 nitrogen and oxygen atoms in total. The number of carbonyl (C=O) groups is 1. The van der Waals surface area contributed by atoms with Gasteiger partial charge in [0.2, 0.25) is 5.91 Å². The summed E-state index contributed by atoms with van der Waals surface area (Å²) in [6, 6.07) is 17.6. The predicted octanol–water partition coefficient (Wildman–Crippen LogP) is 5.00. The van der Waals surface area contributed by atoms with Crippen molar-refractivity contribution in [2.75, 3.05) is 5.32 Å². The van der Waals surface area contributed by atoms with Crippen LogP contribution in [0.2, 0.25) is 0 Å². The number of nitrogens with zero attached hydrogens (tertiary/aromatic N) is 2. The molecular weight excluding hydrogens is 424 g/mol. The maximum absolute atomic E-state index is 13.1. The minimum absolute atomic E-state index is 0.0201. The van der Waals surface area contributed by atoms with E-state index < -0.39 is 6.04 Å².